The van der Waals surface area contributed by atoms with Gasteiger partial charge in [0.25, 0.3) is 0 Å². The molecule has 0 radical (unpaired) electrons. The van der Waals surface area contributed by atoms with Crippen molar-refractivity contribution in [1.29, 1.82) is 0 Å². The molecule has 0 saturated carbocycles. The van der Waals surface area contributed by atoms with Crippen molar-refractivity contribution in [3.63, 3.8) is 0 Å². The van der Waals surface area contributed by atoms with Crippen LogP contribution in [0.4, 0.5) is 0 Å². The second kappa shape index (κ2) is 18.4. The molecule has 1 aromatic heterocycles. The third kappa shape index (κ3) is 7.39. The van der Waals surface area contributed by atoms with Gasteiger partial charge in [0.2, 0.25) is 0 Å². The van der Waals surface area contributed by atoms with Crippen LogP contribution in [-0.2, 0) is 0 Å². The fraction of sp³-hybridized carbons (Fsp3) is 0. The fourth-order valence-electron chi connectivity index (χ4n) is 9.27. The fourth-order valence-corrected chi connectivity index (χ4v) is 9.27. The lowest BCUT2D eigenvalue weighted by molar-refractivity contribution is 0.669. The van der Waals surface area contributed by atoms with Crippen LogP contribution < -0.4 is 0 Å². The monoisotopic (exact) mass is 1020 g/mol. The molecular weight excluding hydrogens is 929 g/mol. The molecule has 358 valence electrons. The molecule has 1 heterocycles. The van der Waals surface area contributed by atoms with E-state index in [1.54, 1.807) is 0 Å². The first-order valence-corrected chi connectivity index (χ1v) is 22.7. The predicted octanol–water partition coefficient (Wildman–Crippen LogP) is 21.7. The van der Waals surface area contributed by atoms with Gasteiger partial charge < -0.3 is 4.42 Å². The van der Waals surface area contributed by atoms with Crippen LogP contribution in [0.5, 0.6) is 0 Å². The lowest BCUT2D eigenvalue weighted by Gasteiger charge is -2.20. The maximum absolute atomic E-state index is 9.54. The predicted molar refractivity (Wildman–Crippen MR) is 330 cm³/mol. The molecule has 1 nitrogen and oxygen atoms in total. The van der Waals surface area contributed by atoms with Crippen molar-refractivity contribution in [2.24, 2.45) is 0 Å². The molecule has 0 atom stereocenters. The van der Waals surface area contributed by atoms with E-state index in [0.29, 0.717) is 0 Å². The normalized spacial score (nSPS) is 20.4. The third-order valence-corrected chi connectivity index (χ3v) is 12.4. The molecule has 16 rings (SSSR count). The van der Waals surface area contributed by atoms with Gasteiger partial charge in [-0.25, -0.2) is 0 Å². The highest BCUT2D eigenvalue weighted by molar-refractivity contribution is 6.26. The molecule has 0 unspecified atom stereocenters. The molecule has 0 bridgehead atoms. The first kappa shape index (κ1) is 17.5. The van der Waals surface area contributed by atoms with Gasteiger partial charge in [-0.1, -0.05) is 266 Å². The van der Waals surface area contributed by atoms with Crippen LogP contribution in [0.2, 0.25) is 0 Å². The van der Waals surface area contributed by atoms with Gasteiger partial charge in [0.15, 0.2) is 0 Å². The van der Waals surface area contributed by atoms with Gasteiger partial charge in [0.1, 0.15) is 11.2 Å². The Hall–Kier alpha value is -10.1. The van der Waals surface area contributed by atoms with Crippen LogP contribution in [0.15, 0.2) is 294 Å². The maximum atomic E-state index is 9.54. The second-order valence-electron chi connectivity index (χ2n) is 16.5. The van der Waals surface area contributed by atoms with Crippen LogP contribution >= 0.6 is 0 Å². The van der Waals surface area contributed by atoms with E-state index in [0.717, 1.165) is 0 Å². The molecule has 16 aromatic rings. The summed E-state index contributed by atoms with van der Waals surface area (Å²) in [6, 6.07) is -43.2. The van der Waals surface area contributed by atoms with E-state index in [1.807, 2.05) is 0 Å². The molecule has 0 aliphatic carbocycles. The summed E-state index contributed by atoms with van der Waals surface area (Å²) in [5.74, 6) is 0. The van der Waals surface area contributed by atoms with Crippen LogP contribution in [0, 0.1) is 0 Å². The van der Waals surface area contributed by atoms with Crippen LogP contribution in [-0.4, -0.2) is 0 Å². The van der Waals surface area contributed by atoms with Crippen molar-refractivity contribution < 1.29 is 70.2 Å². The summed E-state index contributed by atoms with van der Waals surface area (Å²) in [7, 11) is 0. The van der Waals surface area contributed by atoms with E-state index >= 15 is 0 Å². The Morgan fingerprint density at radius 1 is 0.195 bits per heavy atom. The number of fused-ring (bicyclic) bond motifs is 10. The Labute approximate surface area is 513 Å². The first-order valence-electron chi connectivity index (χ1n) is 46.7. The molecule has 0 N–H and O–H groups in total. The van der Waals surface area contributed by atoms with Gasteiger partial charge >= 0.3 is 0 Å². The Kier molecular flexibility index (Phi) is 4.18. The largest absolute Gasteiger partial charge is 0.456 e. The van der Waals surface area contributed by atoms with E-state index in [4.69, 9.17) is 49.7 Å². The van der Waals surface area contributed by atoms with Crippen LogP contribution in [0.25, 0.3) is 153 Å². The van der Waals surface area contributed by atoms with Crippen molar-refractivity contribution in [3.05, 3.63) is 290 Å². The Balaban J connectivity index is 0.000000194. The molecule has 0 spiro atoms. The lowest BCUT2D eigenvalue weighted by atomic mass is 9.83. The average Bonchev–Trinajstić information content (AvgIpc) is 0.823. The zero-order valence-electron chi connectivity index (χ0n) is 86.4. The molecule has 15 aromatic carbocycles. The van der Waals surface area contributed by atoms with E-state index in [9.17, 15) is 20.6 Å². The van der Waals surface area contributed by atoms with E-state index in [2.05, 4.69) is 0 Å². The van der Waals surface area contributed by atoms with Crippen molar-refractivity contribution in [3.8, 4) is 55.6 Å². The van der Waals surface area contributed by atoms with E-state index in [1.165, 1.54) is 0 Å². The van der Waals surface area contributed by atoms with Gasteiger partial charge in [-0.3, -0.25) is 0 Å². The zero-order valence-corrected chi connectivity index (χ0v) is 38.4. The summed E-state index contributed by atoms with van der Waals surface area (Å²) in [6.45, 7) is 0. The van der Waals surface area contributed by atoms with E-state index in [-0.39, 0.29) is 5.39 Å². The number of hydrogen-bond acceptors (Lipinski definition) is 1. The van der Waals surface area contributed by atoms with Crippen LogP contribution in [0.1, 0.15) is 65.8 Å². The Morgan fingerprint density at radius 3 is 1.08 bits per heavy atom. The zero-order chi connectivity index (χ0) is 92.6. The standard InChI is InChI=1S/C40H26.C36H22O/c1-2-14-29-26-30(25-24-27(29)12-1)32-17-5-6-18-33(32)39-35-19-7-9-21-37(35)40(38-22-10-8-20-36(38)39)34-23-11-15-28-13-3-4-16-31(28)34;1-2-12-25-23(10-1)11-9-18-27(25)36-30-16-5-3-14-28(30)35(29-15-4-6-17-31(29)36)24-20-21-34-32(22-24)26-13-7-8-19-33(26)37-34/h1-26H;1-22H/i1D,2D,3D,4D,5D,6D,7D,8D,9D,10D,11D,12D,13D,14D,15D,16D,17D,18D,19D,20D,21D,22D,23D,24D,25D,26D;1D,2D,3D,4D,5D,6D,7D,8D,9D,10D,11D,12D,13D,14D,15D,16D,17D,18D,19D,20D,21D,22D. The lowest BCUT2D eigenvalue weighted by Crippen LogP contribution is -1.93. The molecule has 77 heavy (non-hydrogen) atoms. The highest BCUT2D eigenvalue weighted by Gasteiger charge is 2.21. The third-order valence-electron chi connectivity index (χ3n) is 12.4. The van der Waals surface area contributed by atoms with Gasteiger partial charge in [-0.05, 0) is 155 Å². The molecule has 1 heteroatoms. The van der Waals surface area contributed by atoms with Gasteiger partial charge in [0, 0.05) is 10.8 Å². The SMILES string of the molecule is [2H]c1c([2H])c([2H])c(-c2c3c([2H])c([2H])c([2H])c([2H])c3c(-c3c([2H])c([2H])c([2H])c4c([2H])c([2H])c([2H])c([2H])c34)c3c([2H])c([2H])c([2H])c([2H])c23)c(-c2c([2H])c([2H])c3c([2H])c([2H])c([2H])c([2H])c3c2[2H])c1[2H].[2H]c1c([2H])c([2H])c2c(oc3c([2H])c([2H])c(-c4c5c([2H])c([2H])c([2H])c([2H])c5c(-c5c([2H])c([2H])c([2H])c6c([2H])c([2H])c([2H])c([2H])c56)c5c([2H])c([2H])c([2H])c([2H])c45)c([2H])c32)c1[2H]. The van der Waals surface area contributed by atoms with Crippen molar-refractivity contribution in [2.45, 2.75) is 0 Å². The minimum Gasteiger partial charge on any atom is -0.456 e. The molecule has 0 saturated heterocycles. The molecule has 0 amide bonds. The van der Waals surface area contributed by atoms with E-state index < -0.39 is 438 Å². The average molecular weight is 1030 g/mol. The van der Waals surface area contributed by atoms with Crippen molar-refractivity contribution in [1.82, 2.24) is 0 Å². The van der Waals surface area contributed by atoms with Crippen molar-refractivity contribution in [2.75, 3.05) is 0 Å². The molecular formula is C76H48O. The Morgan fingerprint density at radius 2 is 0.545 bits per heavy atom. The Bertz CT molecular complexity index is 7740. The van der Waals surface area contributed by atoms with Gasteiger partial charge in [-0.15, -0.1) is 0 Å². The molecule has 0 aliphatic rings. The topological polar surface area (TPSA) is 13.1 Å². The minimum absolute atomic E-state index is 0.377. The molecule has 0 aliphatic heterocycles. The number of hydrogen-bond donors (Lipinski definition) is 0. The highest BCUT2D eigenvalue weighted by atomic mass is 16.3. The molecule has 0 fully saturated rings. The summed E-state index contributed by atoms with van der Waals surface area (Å²) in [6.07, 6.45) is 0. The number of rotatable bonds is 5. The quantitative estimate of drug-likeness (QED) is 0.157. The number of para-hydroxylation sites is 1. The van der Waals surface area contributed by atoms with Crippen LogP contribution in [0.3, 0.4) is 0 Å². The summed E-state index contributed by atoms with van der Waals surface area (Å²) < 4.78 is 432. The van der Waals surface area contributed by atoms with Gasteiger partial charge in [0.05, 0.1) is 65.8 Å². The first-order chi connectivity index (χ1) is 58.2. The van der Waals surface area contributed by atoms with Gasteiger partial charge in [-0.2, -0.15) is 0 Å². The number of furan rings is 1. The minimum atomic E-state index is -1.07. The smallest absolute Gasteiger partial charge is 0.135 e. The van der Waals surface area contributed by atoms with Crippen molar-refractivity contribution >= 4 is 97.3 Å². The highest BCUT2D eigenvalue weighted by Crippen LogP contribution is 2.49. The maximum Gasteiger partial charge on any atom is 0.135 e. The number of benzene rings is 15. The summed E-state index contributed by atoms with van der Waals surface area (Å²) >= 11 is 0. The second-order valence-corrected chi connectivity index (χ2v) is 16.5. The summed E-state index contributed by atoms with van der Waals surface area (Å²) in [5, 5.41) is -10.0. The summed E-state index contributed by atoms with van der Waals surface area (Å²) in [5.41, 5.74) is -8.31. The summed E-state index contributed by atoms with van der Waals surface area (Å²) in [4.78, 5) is 0.